The standard InChI is InChI=1S/C16H21NO4S/c1-20-15-6-5-14(9-16(15)21-2)22(18,19)17-10-13-8-11-3-4-12(13)7-11/h3-6,9,11-13,17H,7-8,10H2,1-2H3/t11-,12-,13+/m0/s1. The first-order valence-corrected chi connectivity index (χ1v) is 8.92. The summed E-state index contributed by atoms with van der Waals surface area (Å²) in [4.78, 5) is 0.198. The zero-order valence-electron chi connectivity index (χ0n) is 12.8. The molecular weight excluding hydrogens is 302 g/mol. The molecule has 0 radical (unpaired) electrons. The zero-order valence-corrected chi connectivity index (χ0v) is 13.6. The molecule has 1 N–H and O–H groups in total. The van der Waals surface area contributed by atoms with E-state index in [0.717, 1.165) is 6.42 Å². The van der Waals surface area contributed by atoms with Crippen molar-refractivity contribution in [2.45, 2.75) is 17.7 Å². The van der Waals surface area contributed by atoms with E-state index in [1.807, 2.05) is 0 Å². The molecule has 0 amide bonds. The third-order valence-electron chi connectivity index (χ3n) is 4.62. The Bertz CT molecular complexity index is 683. The van der Waals surface area contributed by atoms with Gasteiger partial charge in [-0.3, -0.25) is 0 Å². The molecule has 1 aromatic rings. The Morgan fingerprint density at radius 3 is 2.50 bits per heavy atom. The molecule has 0 unspecified atom stereocenters. The summed E-state index contributed by atoms with van der Waals surface area (Å²) in [7, 11) is -0.522. The number of fused-ring (bicyclic) bond motifs is 2. The number of allylic oxidation sites excluding steroid dienone is 2. The molecule has 0 saturated heterocycles. The molecule has 120 valence electrons. The first-order chi connectivity index (χ1) is 10.5. The van der Waals surface area contributed by atoms with Crippen LogP contribution in [0.15, 0.2) is 35.2 Å². The van der Waals surface area contributed by atoms with Crippen molar-refractivity contribution in [2.24, 2.45) is 17.8 Å². The second-order valence-electron chi connectivity index (χ2n) is 5.91. The Morgan fingerprint density at radius 1 is 1.14 bits per heavy atom. The molecular formula is C16H21NO4S. The average Bonchev–Trinajstić information content (AvgIpc) is 3.15. The van der Waals surface area contributed by atoms with E-state index in [1.165, 1.54) is 32.8 Å². The van der Waals surface area contributed by atoms with E-state index >= 15 is 0 Å². The van der Waals surface area contributed by atoms with Crippen molar-refractivity contribution in [3.05, 3.63) is 30.4 Å². The van der Waals surface area contributed by atoms with Gasteiger partial charge in [0.15, 0.2) is 11.5 Å². The van der Waals surface area contributed by atoms with Crippen LogP contribution >= 0.6 is 0 Å². The monoisotopic (exact) mass is 323 g/mol. The summed E-state index contributed by atoms with van der Waals surface area (Å²) in [5.41, 5.74) is 0. The molecule has 1 saturated carbocycles. The van der Waals surface area contributed by atoms with Crippen LogP contribution in [0, 0.1) is 17.8 Å². The van der Waals surface area contributed by atoms with Gasteiger partial charge in [-0.15, -0.1) is 0 Å². The van der Waals surface area contributed by atoms with Gasteiger partial charge in [0.1, 0.15) is 0 Å². The summed E-state index contributed by atoms with van der Waals surface area (Å²) in [5, 5.41) is 0. The van der Waals surface area contributed by atoms with Crippen molar-refractivity contribution in [3.63, 3.8) is 0 Å². The Balaban J connectivity index is 1.71. The minimum atomic E-state index is -3.53. The van der Waals surface area contributed by atoms with Crippen molar-refractivity contribution >= 4 is 10.0 Å². The number of sulfonamides is 1. The number of ether oxygens (including phenoxy) is 2. The Morgan fingerprint density at radius 2 is 1.91 bits per heavy atom. The lowest BCUT2D eigenvalue weighted by molar-refractivity contribution is 0.354. The molecule has 5 nitrogen and oxygen atoms in total. The highest BCUT2D eigenvalue weighted by Crippen LogP contribution is 2.43. The summed E-state index contributed by atoms with van der Waals surface area (Å²) in [5.74, 6) is 2.50. The summed E-state index contributed by atoms with van der Waals surface area (Å²) in [6.07, 6.45) is 6.73. The number of rotatable bonds is 6. The maximum Gasteiger partial charge on any atom is 0.240 e. The quantitative estimate of drug-likeness (QED) is 0.815. The van der Waals surface area contributed by atoms with Crippen LogP contribution in [-0.4, -0.2) is 29.2 Å². The third kappa shape index (κ3) is 2.85. The van der Waals surface area contributed by atoms with E-state index in [1.54, 1.807) is 6.07 Å². The summed E-state index contributed by atoms with van der Waals surface area (Å²) >= 11 is 0. The van der Waals surface area contributed by atoms with Crippen LogP contribution in [0.25, 0.3) is 0 Å². The first-order valence-electron chi connectivity index (χ1n) is 7.43. The Hall–Kier alpha value is -1.53. The Kier molecular flexibility index (Phi) is 4.14. The SMILES string of the molecule is COc1ccc(S(=O)(=O)NC[C@H]2C[C@H]3C=C[C@H]2C3)cc1OC. The van der Waals surface area contributed by atoms with Gasteiger partial charge >= 0.3 is 0 Å². The van der Waals surface area contributed by atoms with Crippen LogP contribution in [0.4, 0.5) is 0 Å². The van der Waals surface area contributed by atoms with Crippen molar-refractivity contribution in [2.75, 3.05) is 20.8 Å². The normalized spacial score (nSPS) is 26.4. The summed E-state index contributed by atoms with van der Waals surface area (Å²) < 4.78 is 37.9. The van der Waals surface area contributed by atoms with Gasteiger partial charge in [0, 0.05) is 12.6 Å². The van der Waals surface area contributed by atoms with Gasteiger partial charge in [-0.2, -0.15) is 0 Å². The lowest BCUT2D eigenvalue weighted by Crippen LogP contribution is -2.31. The second-order valence-corrected chi connectivity index (χ2v) is 7.68. The van der Waals surface area contributed by atoms with E-state index < -0.39 is 10.0 Å². The highest BCUT2D eigenvalue weighted by molar-refractivity contribution is 7.89. The van der Waals surface area contributed by atoms with Crippen LogP contribution in [0.3, 0.4) is 0 Å². The largest absolute Gasteiger partial charge is 0.493 e. The van der Waals surface area contributed by atoms with Crippen LogP contribution < -0.4 is 14.2 Å². The van der Waals surface area contributed by atoms with Gasteiger partial charge in [0.25, 0.3) is 0 Å². The lowest BCUT2D eigenvalue weighted by atomic mass is 9.94. The number of hydrogen-bond donors (Lipinski definition) is 1. The lowest BCUT2D eigenvalue weighted by Gasteiger charge is -2.18. The number of hydrogen-bond acceptors (Lipinski definition) is 4. The smallest absolute Gasteiger partial charge is 0.240 e. The molecule has 2 aliphatic rings. The molecule has 0 spiro atoms. The maximum atomic E-state index is 12.4. The number of benzene rings is 1. The minimum Gasteiger partial charge on any atom is -0.493 e. The fourth-order valence-electron chi connectivity index (χ4n) is 3.41. The summed E-state index contributed by atoms with van der Waals surface area (Å²) in [6, 6.07) is 4.62. The van der Waals surface area contributed by atoms with Gasteiger partial charge in [0.2, 0.25) is 10.0 Å². The van der Waals surface area contributed by atoms with Crippen LogP contribution in [0.1, 0.15) is 12.8 Å². The second kappa shape index (κ2) is 5.93. The molecule has 3 rings (SSSR count). The van der Waals surface area contributed by atoms with Crippen molar-refractivity contribution in [1.82, 2.24) is 4.72 Å². The van der Waals surface area contributed by atoms with Crippen LogP contribution in [0.2, 0.25) is 0 Å². The van der Waals surface area contributed by atoms with E-state index in [9.17, 15) is 8.42 Å². The summed E-state index contributed by atoms with van der Waals surface area (Å²) in [6.45, 7) is 0.488. The molecule has 0 aliphatic heterocycles. The molecule has 22 heavy (non-hydrogen) atoms. The van der Waals surface area contributed by atoms with Gasteiger partial charge in [0.05, 0.1) is 19.1 Å². The van der Waals surface area contributed by atoms with Gasteiger partial charge in [-0.05, 0) is 42.7 Å². The molecule has 2 aliphatic carbocycles. The molecule has 0 aromatic heterocycles. The molecule has 3 atom stereocenters. The predicted octanol–water partition coefficient (Wildman–Crippen LogP) is 2.19. The third-order valence-corrected chi connectivity index (χ3v) is 6.04. The fraction of sp³-hybridized carbons (Fsp3) is 0.500. The molecule has 1 fully saturated rings. The molecule has 6 heteroatoms. The topological polar surface area (TPSA) is 64.6 Å². The molecule has 2 bridgehead atoms. The van der Waals surface area contributed by atoms with Crippen molar-refractivity contribution in [1.29, 1.82) is 0 Å². The van der Waals surface area contributed by atoms with Gasteiger partial charge in [-0.1, -0.05) is 12.2 Å². The Labute approximate surface area is 131 Å². The highest BCUT2D eigenvalue weighted by Gasteiger charge is 2.36. The van der Waals surface area contributed by atoms with E-state index in [-0.39, 0.29) is 4.90 Å². The van der Waals surface area contributed by atoms with Crippen LogP contribution in [0.5, 0.6) is 11.5 Å². The van der Waals surface area contributed by atoms with E-state index in [0.29, 0.717) is 35.8 Å². The number of methoxy groups -OCH3 is 2. The van der Waals surface area contributed by atoms with E-state index in [2.05, 4.69) is 16.9 Å². The fourth-order valence-corrected chi connectivity index (χ4v) is 4.52. The zero-order chi connectivity index (χ0) is 15.7. The highest BCUT2D eigenvalue weighted by atomic mass is 32.2. The predicted molar refractivity (Wildman–Crippen MR) is 83.6 cm³/mol. The molecule has 0 heterocycles. The van der Waals surface area contributed by atoms with Crippen molar-refractivity contribution in [3.8, 4) is 11.5 Å². The van der Waals surface area contributed by atoms with Crippen LogP contribution in [-0.2, 0) is 10.0 Å². The average molecular weight is 323 g/mol. The van der Waals surface area contributed by atoms with Gasteiger partial charge < -0.3 is 9.47 Å². The first kappa shape index (κ1) is 15.4. The maximum absolute atomic E-state index is 12.4. The number of nitrogens with one attached hydrogen (secondary N) is 1. The van der Waals surface area contributed by atoms with E-state index in [4.69, 9.17) is 9.47 Å². The van der Waals surface area contributed by atoms with Gasteiger partial charge in [-0.25, -0.2) is 13.1 Å². The van der Waals surface area contributed by atoms with Crippen molar-refractivity contribution < 1.29 is 17.9 Å². The minimum absolute atomic E-state index is 0.198. The molecule has 1 aromatic carbocycles.